The molecule has 146 valence electrons. The second kappa shape index (κ2) is 6.30. The summed E-state index contributed by atoms with van der Waals surface area (Å²) in [4.78, 5) is 4.09. The zero-order valence-corrected chi connectivity index (χ0v) is 14.8. The first-order chi connectivity index (χ1) is 13.1. The van der Waals surface area contributed by atoms with Gasteiger partial charge < -0.3 is 15.5 Å². The lowest BCUT2D eigenvalue weighted by Crippen LogP contribution is -2.48. The van der Waals surface area contributed by atoms with Crippen molar-refractivity contribution in [1.82, 2.24) is 15.2 Å². The van der Waals surface area contributed by atoms with Gasteiger partial charge in [-0.15, -0.1) is 10.2 Å². The van der Waals surface area contributed by atoms with Crippen molar-refractivity contribution >= 4 is 16.6 Å². The third kappa shape index (κ3) is 3.33. The van der Waals surface area contributed by atoms with E-state index in [1.165, 1.54) is 12.3 Å². The average Bonchev–Trinajstić information content (AvgIpc) is 2.60. The van der Waals surface area contributed by atoms with Gasteiger partial charge in [-0.1, -0.05) is 0 Å². The van der Waals surface area contributed by atoms with Crippen LogP contribution in [0.1, 0.15) is 25.3 Å². The van der Waals surface area contributed by atoms with Crippen molar-refractivity contribution in [2.75, 3.05) is 5.32 Å². The molecule has 3 N–H and O–H groups in total. The van der Waals surface area contributed by atoms with Gasteiger partial charge in [0.25, 0.3) is 0 Å². The fourth-order valence-electron chi connectivity index (χ4n) is 3.51. The lowest BCUT2D eigenvalue weighted by atomic mass is 9.77. The Hall–Kier alpha value is -2.94. The molecule has 1 saturated carbocycles. The van der Waals surface area contributed by atoms with Gasteiger partial charge in [0, 0.05) is 34.8 Å². The van der Waals surface area contributed by atoms with Crippen LogP contribution in [0.2, 0.25) is 0 Å². The van der Waals surface area contributed by atoms with Gasteiger partial charge in [0.15, 0.2) is 5.82 Å². The molecule has 0 atom stereocenters. The molecule has 0 radical (unpaired) electrons. The van der Waals surface area contributed by atoms with E-state index >= 15 is 0 Å². The first kappa shape index (κ1) is 18.4. The van der Waals surface area contributed by atoms with Gasteiger partial charge in [-0.05, 0) is 44.0 Å². The number of benzene rings is 1. The number of hydrogen-bond donors (Lipinski definition) is 3. The minimum absolute atomic E-state index is 0.0398. The molecule has 0 spiro atoms. The Morgan fingerprint density at radius 3 is 2.54 bits per heavy atom. The minimum Gasteiger partial charge on any atom is -0.507 e. The molecule has 2 aromatic heterocycles. The topological polar surface area (TPSA) is 91.2 Å². The Morgan fingerprint density at radius 2 is 1.89 bits per heavy atom. The predicted molar refractivity (Wildman–Crippen MR) is 96.7 cm³/mol. The molecule has 0 saturated heterocycles. The monoisotopic (exact) mass is 390 g/mol. The van der Waals surface area contributed by atoms with E-state index < -0.39 is 23.1 Å². The first-order valence-electron chi connectivity index (χ1n) is 8.64. The van der Waals surface area contributed by atoms with Crippen molar-refractivity contribution in [3.63, 3.8) is 0 Å². The van der Waals surface area contributed by atoms with E-state index in [4.69, 9.17) is 0 Å². The molecule has 0 amide bonds. The molecule has 0 aliphatic heterocycles. The van der Waals surface area contributed by atoms with E-state index in [2.05, 4.69) is 20.5 Å². The van der Waals surface area contributed by atoms with Crippen LogP contribution in [-0.2, 0) is 6.18 Å². The molecule has 2 heterocycles. The van der Waals surface area contributed by atoms with Crippen LogP contribution in [0.4, 0.5) is 19.0 Å². The van der Waals surface area contributed by atoms with Gasteiger partial charge in [0.1, 0.15) is 11.4 Å². The van der Waals surface area contributed by atoms with Gasteiger partial charge in [-0.2, -0.15) is 13.2 Å². The predicted octanol–water partition coefficient (Wildman–Crippen LogP) is 3.74. The van der Waals surface area contributed by atoms with Crippen LogP contribution < -0.4 is 5.32 Å². The highest BCUT2D eigenvalue weighted by Crippen LogP contribution is 2.39. The van der Waals surface area contributed by atoms with E-state index in [-0.39, 0.29) is 17.3 Å². The van der Waals surface area contributed by atoms with Crippen LogP contribution in [0.25, 0.3) is 22.0 Å². The molecule has 1 aromatic carbocycles. The number of aliphatic hydroxyl groups is 1. The van der Waals surface area contributed by atoms with E-state index in [9.17, 15) is 23.4 Å². The molecule has 0 unspecified atom stereocenters. The van der Waals surface area contributed by atoms with Gasteiger partial charge in [-0.25, -0.2) is 0 Å². The third-order valence-electron chi connectivity index (χ3n) is 4.87. The van der Waals surface area contributed by atoms with Crippen LogP contribution >= 0.6 is 0 Å². The van der Waals surface area contributed by atoms with E-state index in [0.29, 0.717) is 35.5 Å². The number of phenolic OH excluding ortho intramolecular Hbond substituents is 1. The second-order valence-electron chi connectivity index (χ2n) is 7.29. The largest absolute Gasteiger partial charge is 0.507 e. The van der Waals surface area contributed by atoms with Crippen LogP contribution in [0.5, 0.6) is 5.75 Å². The lowest BCUT2D eigenvalue weighted by Gasteiger charge is -2.41. The van der Waals surface area contributed by atoms with E-state index in [1.807, 2.05) is 0 Å². The maximum absolute atomic E-state index is 12.8. The van der Waals surface area contributed by atoms with Gasteiger partial charge in [0.05, 0.1) is 11.2 Å². The maximum Gasteiger partial charge on any atom is 0.416 e. The molecule has 1 fully saturated rings. The molecule has 6 nitrogen and oxygen atoms in total. The molecule has 4 rings (SSSR count). The van der Waals surface area contributed by atoms with E-state index in [0.717, 1.165) is 6.07 Å². The number of phenols is 1. The fourth-order valence-corrected chi connectivity index (χ4v) is 3.51. The lowest BCUT2D eigenvalue weighted by molar-refractivity contribution is -0.137. The molecular formula is C19H17F3N4O2. The zero-order chi connectivity index (χ0) is 20.1. The van der Waals surface area contributed by atoms with Crippen molar-refractivity contribution in [3.05, 3.63) is 42.2 Å². The molecule has 9 heteroatoms. The molecule has 28 heavy (non-hydrogen) atoms. The van der Waals surface area contributed by atoms with Crippen molar-refractivity contribution in [3.8, 4) is 17.0 Å². The maximum atomic E-state index is 12.8. The highest BCUT2D eigenvalue weighted by atomic mass is 19.4. The summed E-state index contributed by atoms with van der Waals surface area (Å²) in [5, 5.41) is 32.8. The standard InChI is InChI=1S/C19H17F3N4O2/c1-18(28)7-11(8-18)24-17-14-9-23-5-4-12(14)16(25-26-17)13-3-2-10(6-15(13)27)19(20,21)22/h2-6,9,11,27-28H,7-8H2,1H3,(H,24,26). The van der Waals surface area contributed by atoms with Crippen molar-refractivity contribution in [2.24, 2.45) is 0 Å². The van der Waals surface area contributed by atoms with Gasteiger partial charge >= 0.3 is 6.18 Å². The summed E-state index contributed by atoms with van der Waals surface area (Å²) in [6, 6.07) is 4.45. The molecular weight excluding hydrogens is 373 g/mol. The Kier molecular flexibility index (Phi) is 4.15. The number of pyridine rings is 1. The normalized spacial score (nSPS) is 22.1. The summed E-state index contributed by atoms with van der Waals surface area (Å²) in [6.45, 7) is 1.76. The average molecular weight is 390 g/mol. The summed E-state index contributed by atoms with van der Waals surface area (Å²) in [7, 11) is 0. The zero-order valence-electron chi connectivity index (χ0n) is 14.8. The SMILES string of the molecule is CC1(O)CC(Nc2nnc(-c3ccc(C(F)(F)F)cc3O)c3ccncc23)C1. The van der Waals surface area contributed by atoms with Crippen molar-refractivity contribution < 1.29 is 23.4 Å². The van der Waals surface area contributed by atoms with Crippen LogP contribution in [0.15, 0.2) is 36.7 Å². The summed E-state index contributed by atoms with van der Waals surface area (Å²) < 4.78 is 38.5. The van der Waals surface area contributed by atoms with Crippen molar-refractivity contribution in [2.45, 2.75) is 37.6 Å². The number of aromatic hydroxyl groups is 1. The van der Waals surface area contributed by atoms with E-state index in [1.54, 1.807) is 19.2 Å². The Bertz CT molecular complexity index is 1050. The first-order valence-corrected chi connectivity index (χ1v) is 8.64. The smallest absolute Gasteiger partial charge is 0.416 e. The molecule has 1 aliphatic carbocycles. The third-order valence-corrected chi connectivity index (χ3v) is 4.87. The Labute approximate surface area is 158 Å². The minimum atomic E-state index is -4.55. The number of anilines is 1. The number of rotatable bonds is 3. The number of nitrogens with one attached hydrogen (secondary N) is 1. The van der Waals surface area contributed by atoms with Gasteiger partial charge in [0.2, 0.25) is 0 Å². The van der Waals surface area contributed by atoms with Gasteiger partial charge in [-0.3, -0.25) is 4.98 Å². The number of fused-ring (bicyclic) bond motifs is 1. The second-order valence-corrected chi connectivity index (χ2v) is 7.29. The molecule has 0 bridgehead atoms. The number of hydrogen-bond acceptors (Lipinski definition) is 6. The quantitative estimate of drug-likeness (QED) is 0.631. The van der Waals surface area contributed by atoms with Crippen LogP contribution in [0, 0.1) is 0 Å². The fraction of sp³-hybridized carbons (Fsp3) is 0.316. The summed E-state index contributed by atoms with van der Waals surface area (Å²) in [5.74, 6) is -0.0586. The summed E-state index contributed by atoms with van der Waals surface area (Å²) in [5.41, 5.74) is -1.24. The number of nitrogens with zero attached hydrogens (tertiary/aromatic N) is 3. The highest BCUT2D eigenvalue weighted by molar-refractivity contribution is 6.00. The number of halogens is 3. The highest BCUT2D eigenvalue weighted by Gasteiger charge is 2.38. The Morgan fingerprint density at radius 1 is 1.14 bits per heavy atom. The summed E-state index contributed by atoms with van der Waals surface area (Å²) in [6.07, 6.45) is -0.304. The number of aromatic nitrogens is 3. The number of alkyl halides is 3. The molecule has 1 aliphatic rings. The van der Waals surface area contributed by atoms with Crippen LogP contribution in [-0.4, -0.2) is 37.0 Å². The van der Waals surface area contributed by atoms with Crippen molar-refractivity contribution in [1.29, 1.82) is 0 Å². The Balaban J connectivity index is 1.74. The summed E-state index contributed by atoms with van der Waals surface area (Å²) >= 11 is 0. The van der Waals surface area contributed by atoms with Crippen LogP contribution in [0.3, 0.4) is 0 Å². The molecule has 3 aromatic rings.